The van der Waals surface area contributed by atoms with Crippen LogP contribution in [0.1, 0.15) is 50.8 Å². The lowest BCUT2D eigenvalue weighted by Crippen LogP contribution is -2.21. The van der Waals surface area contributed by atoms with E-state index in [-0.39, 0.29) is 11.4 Å². The summed E-state index contributed by atoms with van der Waals surface area (Å²) in [5.74, 6) is -0.610. The van der Waals surface area contributed by atoms with Crippen molar-refractivity contribution in [3.63, 3.8) is 0 Å². The van der Waals surface area contributed by atoms with Gasteiger partial charge in [0.15, 0.2) is 5.69 Å². The van der Waals surface area contributed by atoms with Crippen LogP contribution in [0, 0.1) is 6.92 Å². The van der Waals surface area contributed by atoms with Gasteiger partial charge in [-0.05, 0) is 44.2 Å². The molecule has 0 fully saturated rings. The number of amides is 2. The van der Waals surface area contributed by atoms with Gasteiger partial charge in [-0.3, -0.25) is 14.9 Å². The number of aryl methyl sites for hydroxylation is 3. The highest BCUT2D eigenvalue weighted by atomic mass is 16.2. The fraction of sp³-hybridized carbons (Fsp3) is 0.263. The van der Waals surface area contributed by atoms with Gasteiger partial charge in [-0.1, -0.05) is 17.6 Å². The number of hydrogen-bond acceptors (Lipinski definition) is 4. The fourth-order valence-corrected chi connectivity index (χ4v) is 3.28. The number of carbonyl (C=O) groups is 2. The van der Waals surface area contributed by atoms with Crippen molar-refractivity contribution in [3.05, 3.63) is 52.9 Å². The third kappa shape index (κ3) is 3.55. The molecule has 0 aliphatic heterocycles. The van der Waals surface area contributed by atoms with Crippen LogP contribution in [-0.2, 0) is 12.8 Å². The van der Waals surface area contributed by atoms with Crippen molar-refractivity contribution in [1.82, 2.24) is 19.9 Å². The van der Waals surface area contributed by atoms with Crippen LogP contribution < -0.4 is 16.1 Å². The smallest absolute Gasteiger partial charge is 0.276 e. The normalized spacial score (nSPS) is 13.0. The molecule has 1 aliphatic rings. The van der Waals surface area contributed by atoms with Crippen molar-refractivity contribution in [1.29, 1.82) is 0 Å². The first-order valence-corrected chi connectivity index (χ1v) is 9.11. The molecule has 2 heterocycles. The van der Waals surface area contributed by atoms with Gasteiger partial charge in [0.05, 0.1) is 12.0 Å². The zero-order valence-electron chi connectivity index (χ0n) is 15.4. The third-order valence-electron chi connectivity index (χ3n) is 4.78. The Morgan fingerprint density at radius 3 is 2.79 bits per heavy atom. The molecule has 4 N–H and O–H groups in total. The second-order valence-electron chi connectivity index (χ2n) is 6.83. The van der Waals surface area contributed by atoms with Gasteiger partial charge in [0, 0.05) is 11.4 Å². The lowest BCUT2D eigenvalue weighted by molar-refractivity contribution is 0.0985. The van der Waals surface area contributed by atoms with Crippen molar-refractivity contribution in [2.24, 2.45) is 0 Å². The standard InChI is InChI=1S/C19H19BN6O2/c1-10-6-7-11(20)8-14(10)23-17(27)15-16(22-9-21-15)18(28)26-19-24-12-4-2-3-5-13(12)25-19/h6-9H,2-5H2,1H3,(H,21,22)(H,23,27)(H2,24,25,26,28). The molecule has 140 valence electrons. The lowest BCUT2D eigenvalue weighted by Gasteiger charge is -2.09. The summed E-state index contributed by atoms with van der Waals surface area (Å²) in [4.78, 5) is 39.6. The summed E-state index contributed by atoms with van der Waals surface area (Å²) < 4.78 is 0. The van der Waals surface area contributed by atoms with E-state index in [1.807, 2.05) is 13.0 Å². The van der Waals surface area contributed by atoms with Gasteiger partial charge in [0.25, 0.3) is 11.8 Å². The van der Waals surface area contributed by atoms with Gasteiger partial charge in [-0.2, -0.15) is 0 Å². The molecule has 2 aromatic heterocycles. The number of H-pyrrole nitrogens is 2. The first-order chi connectivity index (χ1) is 13.5. The zero-order valence-corrected chi connectivity index (χ0v) is 15.4. The predicted octanol–water partition coefficient (Wildman–Crippen LogP) is 1.62. The van der Waals surface area contributed by atoms with Crippen LogP contribution in [-0.4, -0.2) is 39.6 Å². The highest BCUT2D eigenvalue weighted by Crippen LogP contribution is 2.21. The first-order valence-electron chi connectivity index (χ1n) is 9.11. The van der Waals surface area contributed by atoms with E-state index in [9.17, 15) is 9.59 Å². The number of aromatic nitrogens is 4. The minimum atomic E-state index is -0.501. The maximum absolute atomic E-state index is 12.6. The summed E-state index contributed by atoms with van der Waals surface area (Å²) >= 11 is 0. The minimum Gasteiger partial charge on any atom is -0.340 e. The van der Waals surface area contributed by atoms with Crippen LogP contribution in [0.5, 0.6) is 0 Å². The number of hydrogen-bond donors (Lipinski definition) is 4. The Balaban J connectivity index is 1.51. The monoisotopic (exact) mass is 374 g/mol. The van der Waals surface area contributed by atoms with Gasteiger partial charge in [-0.25, -0.2) is 9.97 Å². The summed E-state index contributed by atoms with van der Waals surface area (Å²) in [5.41, 5.74) is 4.05. The molecule has 0 spiro atoms. The van der Waals surface area contributed by atoms with E-state index >= 15 is 0 Å². The molecule has 8 nitrogen and oxygen atoms in total. The molecule has 0 atom stereocenters. The van der Waals surface area contributed by atoms with E-state index in [2.05, 4.69) is 30.6 Å². The van der Waals surface area contributed by atoms with Gasteiger partial charge in [-0.15, -0.1) is 0 Å². The van der Waals surface area contributed by atoms with Crippen LogP contribution in [0.15, 0.2) is 24.5 Å². The van der Waals surface area contributed by atoms with Crippen LogP contribution in [0.25, 0.3) is 0 Å². The molecular weight excluding hydrogens is 355 g/mol. The van der Waals surface area contributed by atoms with Crippen LogP contribution in [0.4, 0.5) is 11.6 Å². The molecule has 9 heteroatoms. The molecule has 0 saturated carbocycles. The van der Waals surface area contributed by atoms with Crippen molar-refractivity contribution >= 4 is 36.8 Å². The Hall–Kier alpha value is -3.36. The number of benzene rings is 1. The number of nitrogens with zero attached hydrogens (tertiary/aromatic N) is 2. The molecule has 1 aromatic carbocycles. The molecule has 4 rings (SSSR count). The average Bonchev–Trinajstić information content (AvgIpc) is 3.31. The number of aromatic amines is 2. The van der Waals surface area contributed by atoms with E-state index in [1.165, 1.54) is 6.33 Å². The summed E-state index contributed by atoms with van der Waals surface area (Å²) in [6.45, 7) is 1.85. The number of anilines is 2. The van der Waals surface area contributed by atoms with E-state index in [1.54, 1.807) is 12.1 Å². The molecular formula is C19H19BN6O2. The quantitative estimate of drug-likeness (QED) is 0.520. The molecule has 1 aliphatic carbocycles. The lowest BCUT2D eigenvalue weighted by atomic mass is 9.94. The van der Waals surface area contributed by atoms with Crippen LogP contribution >= 0.6 is 0 Å². The number of rotatable bonds is 4. The number of carbonyl (C=O) groups excluding carboxylic acids is 2. The van der Waals surface area contributed by atoms with Crippen molar-refractivity contribution in [3.8, 4) is 0 Å². The molecule has 0 bridgehead atoms. The second kappa shape index (κ2) is 7.34. The highest BCUT2D eigenvalue weighted by Gasteiger charge is 2.23. The SMILES string of the molecule is [B]c1ccc(C)c(NC(=O)c2nc[nH]c2C(=O)Nc2nc3c([nH]2)CCCC3)c1. The summed E-state index contributed by atoms with van der Waals surface area (Å²) in [6.07, 6.45) is 5.34. The Labute approximate surface area is 163 Å². The first kappa shape index (κ1) is 18.0. The Morgan fingerprint density at radius 2 is 1.96 bits per heavy atom. The Kier molecular flexibility index (Phi) is 4.73. The van der Waals surface area contributed by atoms with Gasteiger partial charge >= 0.3 is 0 Å². The molecule has 28 heavy (non-hydrogen) atoms. The average molecular weight is 374 g/mol. The molecule has 0 unspecified atom stereocenters. The Morgan fingerprint density at radius 1 is 1.14 bits per heavy atom. The summed E-state index contributed by atoms with van der Waals surface area (Å²) in [7, 11) is 5.78. The number of nitrogens with one attached hydrogen (secondary N) is 4. The summed E-state index contributed by atoms with van der Waals surface area (Å²) in [6, 6.07) is 5.22. The third-order valence-corrected chi connectivity index (χ3v) is 4.78. The maximum atomic E-state index is 12.6. The topological polar surface area (TPSA) is 116 Å². The maximum Gasteiger partial charge on any atom is 0.276 e. The molecule has 3 aromatic rings. The summed E-state index contributed by atoms with van der Waals surface area (Å²) in [5, 5.41) is 5.45. The van der Waals surface area contributed by atoms with E-state index in [0.717, 1.165) is 42.6 Å². The number of imidazole rings is 2. The van der Waals surface area contributed by atoms with E-state index < -0.39 is 11.8 Å². The minimum absolute atomic E-state index is 0.00403. The molecule has 2 amide bonds. The highest BCUT2D eigenvalue weighted by molar-refractivity contribution is 6.32. The van der Waals surface area contributed by atoms with Gasteiger partial charge in [0.2, 0.25) is 5.95 Å². The molecule has 0 saturated heterocycles. The van der Waals surface area contributed by atoms with E-state index in [0.29, 0.717) is 17.1 Å². The van der Waals surface area contributed by atoms with Crippen molar-refractivity contribution in [2.45, 2.75) is 32.6 Å². The zero-order chi connectivity index (χ0) is 19.7. The van der Waals surface area contributed by atoms with Crippen LogP contribution in [0.3, 0.4) is 0 Å². The Bertz CT molecular complexity index is 1030. The van der Waals surface area contributed by atoms with Gasteiger partial charge < -0.3 is 15.3 Å². The van der Waals surface area contributed by atoms with Crippen molar-refractivity contribution in [2.75, 3.05) is 10.6 Å². The fourth-order valence-electron chi connectivity index (χ4n) is 3.28. The van der Waals surface area contributed by atoms with Crippen molar-refractivity contribution < 1.29 is 9.59 Å². The largest absolute Gasteiger partial charge is 0.340 e. The number of fused-ring (bicyclic) bond motifs is 1. The van der Waals surface area contributed by atoms with Gasteiger partial charge in [0.1, 0.15) is 13.5 Å². The second-order valence-corrected chi connectivity index (χ2v) is 6.83. The predicted molar refractivity (Wildman–Crippen MR) is 106 cm³/mol. The van der Waals surface area contributed by atoms with E-state index in [4.69, 9.17) is 7.85 Å². The van der Waals surface area contributed by atoms with Crippen LogP contribution in [0.2, 0.25) is 0 Å². The molecule has 2 radical (unpaired) electrons.